The van der Waals surface area contributed by atoms with Crippen molar-refractivity contribution < 1.29 is 13.6 Å². The number of aryl methyl sites for hydroxylation is 1. The normalized spacial score (nSPS) is 21.1. The molecule has 2 atom stereocenters. The van der Waals surface area contributed by atoms with Gasteiger partial charge in [-0.2, -0.15) is 13.9 Å². The quantitative estimate of drug-likeness (QED) is 0.648. The predicted molar refractivity (Wildman–Crippen MR) is 116 cm³/mol. The third kappa shape index (κ3) is 3.22. The summed E-state index contributed by atoms with van der Waals surface area (Å²) < 4.78 is 25.9. The van der Waals surface area contributed by atoms with Gasteiger partial charge < -0.3 is 11.1 Å². The lowest BCUT2D eigenvalue weighted by Gasteiger charge is -2.25. The van der Waals surface area contributed by atoms with E-state index in [0.29, 0.717) is 16.3 Å². The van der Waals surface area contributed by atoms with Crippen molar-refractivity contribution in [3.05, 3.63) is 53.1 Å². The number of anilines is 2. The van der Waals surface area contributed by atoms with Crippen molar-refractivity contribution in [3.63, 3.8) is 0 Å². The molecule has 1 aromatic carbocycles. The van der Waals surface area contributed by atoms with Gasteiger partial charge in [-0.05, 0) is 48.1 Å². The Morgan fingerprint density at radius 2 is 2.12 bits per heavy atom. The van der Waals surface area contributed by atoms with Crippen LogP contribution in [0.2, 0.25) is 0 Å². The molecule has 0 bridgehead atoms. The minimum Gasteiger partial charge on any atom is -0.382 e. The van der Waals surface area contributed by atoms with E-state index in [1.165, 1.54) is 11.8 Å². The molecule has 2 aromatic heterocycles. The summed E-state index contributed by atoms with van der Waals surface area (Å²) in [7, 11) is 0. The van der Waals surface area contributed by atoms with E-state index < -0.39 is 12.5 Å². The number of halogens is 2. The van der Waals surface area contributed by atoms with Gasteiger partial charge in [0.05, 0.1) is 30.0 Å². The highest BCUT2D eigenvalue weighted by molar-refractivity contribution is 6.05. The number of nitrogens with one attached hydrogen (secondary N) is 1. The lowest BCUT2D eigenvalue weighted by molar-refractivity contribution is 0.0566. The molecule has 3 aromatic rings. The molecule has 10 heteroatoms. The van der Waals surface area contributed by atoms with Crippen molar-refractivity contribution in [2.75, 3.05) is 17.6 Å². The zero-order chi connectivity index (χ0) is 22.6. The fourth-order valence-electron chi connectivity index (χ4n) is 4.59. The number of alkyl halides is 2. The number of nitrogens with zero attached hydrogens (tertiary/aromatic N) is 5. The second kappa shape index (κ2) is 7.18. The molecule has 2 unspecified atom stereocenters. The number of amides is 1. The lowest BCUT2D eigenvalue weighted by Crippen LogP contribution is -2.22. The summed E-state index contributed by atoms with van der Waals surface area (Å²) in [6, 6.07) is 4.05. The van der Waals surface area contributed by atoms with Crippen LogP contribution < -0.4 is 11.1 Å². The average Bonchev–Trinajstić information content (AvgIpc) is 3.15. The van der Waals surface area contributed by atoms with Gasteiger partial charge in [0.25, 0.3) is 5.91 Å². The summed E-state index contributed by atoms with van der Waals surface area (Å²) in [5, 5.41) is 5.97. The van der Waals surface area contributed by atoms with Crippen molar-refractivity contribution in [2.45, 2.75) is 32.2 Å². The Labute approximate surface area is 182 Å². The van der Waals surface area contributed by atoms with E-state index in [0.717, 1.165) is 42.0 Å². The van der Waals surface area contributed by atoms with Gasteiger partial charge in [0.15, 0.2) is 11.5 Å². The Morgan fingerprint density at radius 1 is 1.34 bits per heavy atom. The van der Waals surface area contributed by atoms with E-state index in [1.807, 2.05) is 18.3 Å². The molecule has 32 heavy (non-hydrogen) atoms. The van der Waals surface area contributed by atoms with Crippen LogP contribution in [0.4, 0.5) is 20.3 Å². The molecular formula is C22H21F2N7O. The third-order valence-corrected chi connectivity index (χ3v) is 6.29. The van der Waals surface area contributed by atoms with Gasteiger partial charge in [0.2, 0.25) is 0 Å². The van der Waals surface area contributed by atoms with Gasteiger partial charge in [0, 0.05) is 23.7 Å². The van der Waals surface area contributed by atoms with Crippen LogP contribution in [-0.4, -0.2) is 38.4 Å². The van der Waals surface area contributed by atoms with E-state index in [1.54, 1.807) is 0 Å². The zero-order valence-electron chi connectivity index (χ0n) is 17.5. The number of nitrogens with two attached hydrogens (primary N) is 1. The number of benzene rings is 1. The maximum atomic E-state index is 12.7. The van der Waals surface area contributed by atoms with E-state index in [4.69, 9.17) is 5.73 Å². The van der Waals surface area contributed by atoms with Crippen molar-refractivity contribution in [3.8, 4) is 11.3 Å². The fraction of sp³-hybridized carbons (Fsp3) is 0.318. The van der Waals surface area contributed by atoms with Gasteiger partial charge in [0.1, 0.15) is 0 Å². The Hall–Kier alpha value is -3.69. The van der Waals surface area contributed by atoms with Gasteiger partial charge in [-0.1, -0.05) is 6.92 Å². The van der Waals surface area contributed by atoms with Crippen LogP contribution in [0.25, 0.3) is 11.3 Å². The van der Waals surface area contributed by atoms with Gasteiger partial charge >= 0.3 is 6.55 Å². The Balaban J connectivity index is 1.47. The topological polar surface area (TPSA) is 111 Å². The fourth-order valence-corrected chi connectivity index (χ4v) is 4.59. The van der Waals surface area contributed by atoms with Crippen LogP contribution in [-0.2, 0) is 5.41 Å². The number of nitrogen functional groups attached to an aromatic ring is 1. The molecular weight excluding hydrogens is 416 g/mol. The van der Waals surface area contributed by atoms with Crippen molar-refractivity contribution in [2.24, 2.45) is 10.9 Å². The van der Waals surface area contributed by atoms with Crippen LogP contribution in [0, 0.1) is 12.8 Å². The molecule has 1 spiro atoms. The molecule has 1 aliphatic carbocycles. The first kappa shape index (κ1) is 20.2. The molecule has 3 heterocycles. The molecule has 0 saturated heterocycles. The maximum Gasteiger partial charge on any atom is 0.333 e. The van der Waals surface area contributed by atoms with Crippen molar-refractivity contribution in [1.29, 1.82) is 0 Å². The summed E-state index contributed by atoms with van der Waals surface area (Å²) in [5.74, 6) is -0.119. The second-order valence-electron chi connectivity index (χ2n) is 8.42. The van der Waals surface area contributed by atoms with Crippen molar-refractivity contribution in [1.82, 2.24) is 19.7 Å². The Kier molecular flexibility index (Phi) is 4.54. The molecule has 1 fully saturated rings. The number of carbonyl (C=O) groups is 1. The number of aromatic nitrogens is 4. The van der Waals surface area contributed by atoms with Gasteiger partial charge in [-0.3, -0.25) is 9.79 Å². The average molecular weight is 437 g/mol. The molecule has 8 nitrogen and oxygen atoms in total. The maximum absolute atomic E-state index is 12.7. The summed E-state index contributed by atoms with van der Waals surface area (Å²) in [4.78, 5) is 25.8. The molecule has 2 aliphatic rings. The standard InChI is InChI=1S/C22H21F2N7O/c1-11-3-13(4-14-6-26-10-22(17(11)14)5-12(22)2)16-8-27-19(25)18(30-16)20(32)29-15-7-28-31(9-15)21(23)24/h3-4,6-9,12,21H,5,10H2,1-2H3,(H2,25,27)(H,29,32). The highest BCUT2D eigenvalue weighted by Gasteiger charge is 2.54. The first-order valence-corrected chi connectivity index (χ1v) is 10.2. The number of carbonyl (C=O) groups excluding carboxylic acids is 1. The second-order valence-corrected chi connectivity index (χ2v) is 8.42. The van der Waals surface area contributed by atoms with Crippen LogP contribution in [0.15, 0.2) is 35.7 Å². The molecule has 0 radical (unpaired) electrons. The monoisotopic (exact) mass is 437 g/mol. The summed E-state index contributed by atoms with van der Waals surface area (Å²) in [6.45, 7) is 2.34. The molecule has 1 amide bonds. The summed E-state index contributed by atoms with van der Waals surface area (Å²) in [6.07, 6.45) is 6.68. The first-order valence-electron chi connectivity index (χ1n) is 10.2. The molecule has 1 aliphatic heterocycles. The van der Waals surface area contributed by atoms with Crippen LogP contribution >= 0.6 is 0 Å². The number of fused-ring (bicyclic) bond motifs is 2. The highest BCUT2D eigenvalue weighted by Crippen LogP contribution is 2.57. The number of hydrogen-bond acceptors (Lipinski definition) is 6. The third-order valence-electron chi connectivity index (χ3n) is 6.29. The predicted octanol–water partition coefficient (Wildman–Crippen LogP) is 3.59. The van der Waals surface area contributed by atoms with Crippen LogP contribution in [0.3, 0.4) is 0 Å². The van der Waals surface area contributed by atoms with E-state index >= 15 is 0 Å². The minimum absolute atomic E-state index is 0.0606. The Bertz CT molecular complexity index is 1270. The number of hydrogen-bond donors (Lipinski definition) is 2. The van der Waals surface area contributed by atoms with Crippen molar-refractivity contribution >= 4 is 23.6 Å². The van der Waals surface area contributed by atoms with Crippen LogP contribution in [0.5, 0.6) is 0 Å². The summed E-state index contributed by atoms with van der Waals surface area (Å²) in [5.41, 5.74) is 10.8. The number of aliphatic imine (C=N–C) groups is 1. The SMILES string of the molecule is Cc1cc(-c2cnc(N)c(C(=O)Nc3cnn(C(F)F)c3)n2)cc2c1C1(CN=C2)CC1C. The molecule has 164 valence electrons. The highest BCUT2D eigenvalue weighted by atomic mass is 19.3. The van der Waals surface area contributed by atoms with E-state index in [9.17, 15) is 13.6 Å². The lowest BCUT2D eigenvalue weighted by atomic mass is 9.83. The minimum atomic E-state index is -2.80. The van der Waals surface area contributed by atoms with E-state index in [-0.39, 0.29) is 22.6 Å². The molecule has 5 rings (SSSR count). The van der Waals surface area contributed by atoms with Crippen LogP contribution in [0.1, 0.15) is 47.1 Å². The van der Waals surface area contributed by atoms with Gasteiger partial charge in [-0.15, -0.1) is 0 Å². The molecule has 1 saturated carbocycles. The zero-order valence-corrected chi connectivity index (χ0v) is 17.5. The first-order chi connectivity index (χ1) is 15.3. The number of rotatable bonds is 4. The Morgan fingerprint density at radius 3 is 2.81 bits per heavy atom. The largest absolute Gasteiger partial charge is 0.382 e. The summed E-state index contributed by atoms with van der Waals surface area (Å²) >= 11 is 0. The van der Waals surface area contributed by atoms with E-state index in [2.05, 4.69) is 39.2 Å². The van der Waals surface area contributed by atoms with Gasteiger partial charge in [-0.25, -0.2) is 14.6 Å². The smallest absolute Gasteiger partial charge is 0.333 e. The molecule has 3 N–H and O–H groups in total.